The van der Waals surface area contributed by atoms with Gasteiger partial charge in [0.2, 0.25) is 0 Å². The lowest BCUT2D eigenvalue weighted by atomic mass is 9.97. The van der Waals surface area contributed by atoms with Gasteiger partial charge < -0.3 is 23.8 Å². The van der Waals surface area contributed by atoms with Gasteiger partial charge in [0, 0.05) is 31.0 Å². The maximum Gasteiger partial charge on any atom is 0.271 e. The molecule has 0 unspecified atom stereocenters. The number of rotatable bonds is 5. The monoisotopic (exact) mass is 407 g/mol. The molecule has 0 spiro atoms. The van der Waals surface area contributed by atoms with E-state index in [1.165, 1.54) is 0 Å². The first-order chi connectivity index (χ1) is 14.5. The van der Waals surface area contributed by atoms with E-state index in [0.717, 1.165) is 28.8 Å². The van der Waals surface area contributed by atoms with Gasteiger partial charge in [-0.15, -0.1) is 0 Å². The van der Waals surface area contributed by atoms with Crippen molar-refractivity contribution in [1.82, 2.24) is 14.4 Å². The van der Waals surface area contributed by atoms with Crippen molar-refractivity contribution in [3.63, 3.8) is 0 Å². The Bertz CT molecular complexity index is 1030. The van der Waals surface area contributed by atoms with Crippen LogP contribution in [0.15, 0.2) is 54.6 Å². The van der Waals surface area contributed by atoms with Gasteiger partial charge in [0.15, 0.2) is 0 Å². The Hall–Kier alpha value is -2.83. The molecule has 1 aliphatic rings. The third-order valence-electron chi connectivity index (χ3n) is 5.77. The average Bonchev–Trinajstić information content (AvgIpc) is 3.09. The number of likely N-dealkylation sites (N-methyl/N-ethyl adjacent to an activating group) is 1. The second-order valence-electron chi connectivity index (χ2n) is 8.04. The SMILES string of the molecule is COc1ccc2c(c1)cc(C(=O)N1CCO[C@@H](CN(C)C)[C@@H]1c1ccccc1)n2C. The van der Waals surface area contributed by atoms with Crippen LogP contribution in [-0.2, 0) is 11.8 Å². The van der Waals surface area contributed by atoms with Gasteiger partial charge in [-0.3, -0.25) is 4.79 Å². The summed E-state index contributed by atoms with van der Waals surface area (Å²) in [5, 5.41) is 0.995. The number of hydrogen-bond donors (Lipinski definition) is 0. The fraction of sp³-hybridized carbons (Fsp3) is 0.375. The summed E-state index contributed by atoms with van der Waals surface area (Å²) >= 11 is 0. The van der Waals surface area contributed by atoms with Crippen LogP contribution in [0.25, 0.3) is 10.9 Å². The molecule has 158 valence electrons. The van der Waals surface area contributed by atoms with Gasteiger partial charge >= 0.3 is 0 Å². The predicted molar refractivity (Wildman–Crippen MR) is 118 cm³/mol. The van der Waals surface area contributed by atoms with Gasteiger partial charge in [-0.2, -0.15) is 0 Å². The van der Waals surface area contributed by atoms with Gasteiger partial charge in [0.25, 0.3) is 5.91 Å². The van der Waals surface area contributed by atoms with E-state index in [1.54, 1.807) is 7.11 Å². The molecule has 2 atom stereocenters. The summed E-state index contributed by atoms with van der Waals surface area (Å²) < 4.78 is 13.4. The minimum absolute atomic E-state index is 0.0218. The molecule has 30 heavy (non-hydrogen) atoms. The van der Waals surface area contributed by atoms with Crippen LogP contribution in [0.3, 0.4) is 0 Å². The number of benzene rings is 2. The lowest BCUT2D eigenvalue weighted by Gasteiger charge is -2.42. The van der Waals surface area contributed by atoms with E-state index in [9.17, 15) is 4.79 Å². The lowest BCUT2D eigenvalue weighted by molar-refractivity contribution is -0.0686. The van der Waals surface area contributed by atoms with E-state index in [0.29, 0.717) is 18.8 Å². The third kappa shape index (κ3) is 3.80. The highest BCUT2D eigenvalue weighted by molar-refractivity contribution is 5.99. The van der Waals surface area contributed by atoms with Crippen LogP contribution in [0.5, 0.6) is 5.75 Å². The maximum absolute atomic E-state index is 13.8. The summed E-state index contributed by atoms with van der Waals surface area (Å²) in [6.45, 7) is 1.84. The van der Waals surface area contributed by atoms with Crippen molar-refractivity contribution >= 4 is 16.8 Å². The van der Waals surface area contributed by atoms with E-state index in [2.05, 4.69) is 17.0 Å². The second-order valence-corrected chi connectivity index (χ2v) is 8.04. The van der Waals surface area contributed by atoms with E-state index >= 15 is 0 Å². The Labute approximate surface area is 177 Å². The zero-order valence-corrected chi connectivity index (χ0v) is 18.0. The summed E-state index contributed by atoms with van der Waals surface area (Å²) in [7, 11) is 7.66. The normalized spacial score (nSPS) is 19.4. The minimum Gasteiger partial charge on any atom is -0.497 e. The fourth-order valence-corrected chi connectivity index (χ4v) is 4.33. The van der Waals surface area contributed by atoms with Crippen molar-refractivity contribution < 1.29 is 14.3 Å². The standard InChI is InChI=1S/C24H29N3O3/c1-25(2)16-22-23(17-8-6-5-7-9-17)27(12-13-30-22)24(28)21-15-18-14-19(29-4)10-11-20(18)26(21)3/h5-11,14-15,22-23H,12-13,16H2,1-4H3/t22-,23-/m0/s1. The molecule has 6 nitrogen and oxygen atoms in total. The maximum atomic E-state index is 13.8. The van der Waals surface area contributed by atoms with Crippen molar-refractivity contribution in [3.05, 3.63) is 65.9 Å². The molecular formula is C24H29N3O3. The summed E-state index contributed by atoms with van der Waals surface area (Å²) in [5.74, 6) is 0.806. The first kappa shape index (κ1) is 20.4. The molecule has 1 amide bonds. The zero-order valence-electron chi connectivity index (χ0n) is 18.0. The second kappa shape index (κ2) is 8.50. The Morgan fingerprint density at radius 1 is 1.17 bits per heavy atom. The molecule has 1 fully saturated rings. The average molecular weight is 408 g/mol. The van der Waals surface area contributed by atoms with Crippen LogP contribution in [0.4, 0.5) is 0 Å². The molecular weight excluding hydrogens is 378 g/mol. The molecule has 0 radical (unpaired) electrons. The van der Waals surface area contributed by atoms with Crippen LogP contribution in [0.1, 0.15) is 22.1 Å². The quantitative estimate of drug-likeness (QED) is 0.651. The van der Waals surface area contributed by atoms with Gasteiger partial charge in [-0.1, -0.05) is 30.3 Å². The number of ether oxygens (including phenoxy) is 2. The molecule has 4 rings (SSSR count). The number of amides is 1. The first-order valence-corrected chi connectivity index (χ1v) is 10.3. The number of aromatic nitrogens is 1. The molecule has 0 bridgehead atoms. The Morgan fingerprint density at radius 3 is 2.63 bits per heavy atom. The summed E-state index contributed by atoms with van der Waals surface area (Å²) in [6.07, 6.45) is -0.0881. The van der Waals surface area contributed by atoms with Crippen LogP contribution in [0.2, 0.25) is 0 Å². The van der Waals surface area contributed by atoms with Crippen LogP contribution < -0.4 is 4.74 Å². The van der Waals surface area contributed by atoms with Gasteiger partial charge in [-0.05, 0) is 43.9 Å². The highest BCUT2D eigenvalue weighted by Crippen LogP contribution is 2.32. The van der Waals surface area contributed by atoms with Crippen LogP contribution in [-0.4, -0.2) is 67.3 Å². The van der Waals surface area contributed by atoms with Crippen molar-refractivity contribution in [2.75, 3.05) is 40.9 Å². The molecule has 0 N–H and O–H groups in total. The third-order valence-corrected chi connectivity index (χ3v) is 5.77. The van der Waals surface area contributed by atoms with Crippen molar-refractivity contribution in [2.45, 2.75) is 12.1 Å². The van der Waals surface area contributed by atoms with Gasteiger partial charge in [-0.25, -0.2) is 0 Å². The largest absolute Gasteiger partial charge is 0.497 e. The van der Waals surface area contributed by atoms with E-state index in [4.69, 9.17) is 9.47 Å². The molecule has 2 heterocycles. The number of fused-ring (bicyclic) bond motifs is 1. The number of aryl methyl sites for hydroxylation is 1. The molecule has 2 aromatic carbocycles. The molecule has 0 saturated carbocycles. The van der Waals surface area contributed by atoms with Crippen LogP contribution in [0, 0.1) is 0 Å². The smallest absolute Gasteiger partial charge is 0.271 e. The molecule has 1 aromatic heterocycles. The van der Waals surface area contributed by atoms with Crippen molar-refractivity contribution in [3.8, 4) is 5.75 Å². The van der Waals surface area contributed by atoms with Crippen molar-refractivity contribution in [2.24, 2.45) is 7.05 Å². The Balaban J connectivity index is 1.74. The Morgan fingerprint density at radius 2 is 1.93 bits per heavy atom. The number of carbonyl (C=O) groups excluding carboxylic acids is 1. The molecule has 3 aromatic rings. The van der Waals surface area contributed by atoms with Gasteiger partial charge in [0.1, 0.15) is 11.4 Å². The number of hydrogen-bond acceptors (Lipinski definition) is 4. The van der Waals surface area contributed by atoms with Crippen LogP contribution >= 0.6 is 0 Å². The van der Waals surface area contributed by atoms with Crippen molar-refractivity contribution in [1.29, 1.82) is 0 Å². The lowest BCUT2D eigenvalue weighted by Crippen LogP contribution is -2.51. The molecule has 6 heteroatoms. The zero-order chi connectivity index (χ0) is 21.3. The molecule has 1 aliphatic heterocycles. The fourth-order valence-electron chi connectivity index (χ4n) is 4.33. The first-order valence-electron chi connectivity index (χ1n) is 10.3. The minimum atomic E-state index is -0.137. The number of carbonyl (C=O) groups is 1. The highest BCUT2D eigenvalue weighted by Gasteiger charge is 2.37. The number of nitrogens with zero attached hydrogens (tertiary/aromatic N) is 3. The number of morpholine rings is 1. The van der Waals surface area contributed by atoms with E-state index < -0.39 is 0 Å². The Kier molecular flexibility index (Phi) is 5.79. The molecule has 0 aliphatic carbocycles. The van der Waals surface area contributed by atoms with Gasteiger partial charge in [0.05, 0.1) is 25.9 Å². The number of methoxy groups -OCH3 is 1. The topological polar surface area (TPSA) is 46.9 Å². The van der Waals surface area contributed by atoms with E-state index in [1.807, 2.05) is 73.1 Å². The van der Waals surface area contributed by atoms with E-state index in [-0.39, 0.29) is 18.1 Å². The summed E-state index contributed by atoms with van der Waals surface area (Å²) in [4.78, 5) is 17.8. The predicted octanol–water partition coefficient (Wildman–Crippen LogP) is 3.33. The summed E-state index contributed by atoms with van der Waals surface area (Å²) in [6, 6.07) is 17.9. The molecule has 1 saturated heterocycles. The summed E-state index contributed by atoms with van der Waals surface area (Å²) in [5.41, 5.74) is 2.77. The highest BCUT2D eigenvalue weighted by atomic mass is 16.5.